The SMILES string of the molecule is CCC(OC(=O)/C=C\C(=O)OC)C(=O)OC(=O)Cc1ccccc1. The molecule has 0 saturated carbocycles. The molecule has 0 radical (unpaired) electrons. The zero-order valence-electron chi connectivity index (χ0n) is 13.4. The highest BCUT2D eigenvalue weighted by Crippen LogP contribution is 2.06. The summed E-state index contributed by atoms with van der Waals surface area (Å²) in [7, 11) is 1.16. The van der Waals surface area contributed by atoms with Crippen molar-refractivity contribution in [3.8, 4) is 0 Å². The van der Waals surface area contributed by atoms with Gasteiger partial charge in [-0.25, -0.2) is 14.4 Å². The summed E-state index contributed by atoms with van der Waals surface area (Å²) in [5.41, 5.74) is 0.696. The van der Waals surface area contributed by atoms with Crippen molar-refractivity contribution >= 4 is 23.9 Å². The molecule has 7 nitrogen and oxygen atoms in total. The summed E-state index contributed by atoms with van der Waals surface area (Å²) >= 11 is 0. The Morgan fingerprint density at radius 1 is 1.04 bits per heavy atom. The van der Waals surface area contributed by atoms with Crippen molar-refractivity contribution in [3.63, 3.8) is 0 Å². The van der Waals surface area contributed by atoms with E-state index in [1.165, 1.54) is 0 Å². The van der Waals surface area contributed by atoms with Crippen molar-refractivity contribution in [3.05, 3.63) is 48.0 Å². The van der Waals surface area contributed by atoms with E-state index in [1.54, 1.807) is 37.3 Å². The van der Waals surface area contributed by atoms with Gasteiger partial charge in [-0.2, -0.15) is 0 Å². The molecule has 7 heteroatoms. The molecule has 0 amide bonds. The maximum Gasteiger partial charge on any atom is 0.355 e. The highest BCUT2D eigenvalue weighted by Gasteiger charge is 2.24. The van der Waals surface area contributed by atoms with Crippen molar-refractivity contribution in [2.75, 3.05) is 7.11 Å². The first kappa shape index (κ1) is 19.1. The van der Waals surface area contributed by atoms with Crippen LogP contribution in [-0.2, 0) is 39.8 Å². The van der Waals surface area contributed by atoms with Gasteiger partial charge in [-0.15, -0.1) is 0 Å². The van der Waals surface area contributed by atoms with Crippen molar-refractivity contribution in [1.82, 2.24) is 0 Å². The molecule has 0 spiro atoms. The summed E-state index contributed by atoms with van der Waals surface area (Å²) in [5, 5.41) is 0. The third-order valence-corrected chi connectivity index (χ3v) is 2.85. The van der Waals surface area contributed by atoms with Crippen LogP contribution in [0.1, 0.15) is 18.9 Å². The highest BCUT2D eigenvalue weighted by molar-refractivity contribution is 5.94. The lowest BCUT2D eigenvalue weighted by Gasteiger charge is -2.13. The van der Waals surface area contributed by atoms with Crippen LogP contribution in [0, 0.1) is 0 Å². The Labute approximate surface area is 139 Å². The van der Waals surface area contributed by atoms with Gasteiger partial charge < -0.3 is 14.2 Å². The van der Waals surface area contributed by atoms with E-state index in [2.05, 4.69) is 9.47 Å². The Morgan fingerprint density at radius 3 is 2.25 bits per heavy atom. The van der Waals surface area contributed by atoms with Crippen LogP contribution in [0.5, 0.6) is 0 Å². The molecule has 0 N–H and O–H groups in total. The zero-order chi connectivity index (χ0) is 17.9. The number of carbonyl (C=O) groups excluding carboxylic acids is 4. The molecule has 128 valence electrons. The summed E-state index contributed by atoms with van der Waals surface area (Å²) in [5.74, 6) is -3.36. The Hall–Kier alpha value is -2.96. The lowest BCUT2D eigenvalue weighted by Crippen LogP contribution is -2.30. The van der Waals surface area contributed by atoms with Gasteiger partial charge in [-0.05, 0) is 12.0 Å². The summed E-state index contributed by atoms with van der Waals surface area (Å²) in [6.07, 6.45) is 0.502. The molecule has 0 saturated heterocycles. The largest absolute Gasteiger partial charge is 0.466 e. The van der Waals surface area contributed by atoms with E-state index in [-0.39, 0.29) is 12.8 Å². The predicted octanol–water partition coefficient (Wildman–Crippen LogP) is 1.35. The van der Waals surface area contributed by atoms with Crippen LogP contribution in [-0.4, -0.2) is 37.1 Å². The topological polar surface area (TPSA) is 96.0 Å². The number of methoxy groups -OCH3 is 1. The first-order valence-corrected chi connectivity index (χ1v) is 7.21. The Kier molecular flexibility index (Phi) is 7.90. The van der Waals surface area contributed by atoms with Crippen LogP contribution in [0.15, 0.2) is 42.5 Å². The third-order valence-electron chi connectivity index (χ3n) is 2.85. The minimum Gasteiger partial charge on any atom is -0.466 e. The highest BCUT2D eigenvalue weighted by atomic mass is 16.6. The van der Waals surface area contributed by atoms with E-state index < -0.39 is 30.0 Å². The number of esters is 4. The molecule has 0 aliphatic heterocycles. The Morgan fingerprint density at radius 2 is 1.67 bits per heavy atom. The fourth-order valence-electron chi connectivity index (χ4n) is 1.66. The van der Waals surface area contributed by atoms with E-state index >= 15 is 0 Å². The average molecular weight is 334 g/mol. The normalized spacial score (nSPS) is 11.6. The minimum absolute atomic E-state index is 0.0702. The van der Waals surface area contributed by atoms with Crippen LogP contribution >= 0.6 is 0 Å². The second-order valence-electron chi connectivity index (χ2n) is 4.65. The van der Waals surface area contributed by atoms with Crippen LogP contribution in [0.25, 0.3) is 0 Å². The fraction of sp³-hybridized carbons (Fsp3) is 0.294. The maximum absolute atomic E-state index is 11.9. The lowest BCUT2D eigenvalue weighted by molar-refractivity contribution is -0.172. The molecule has 0 heterocycles. The molecule has 0 fully saturated rings. The van der Waals surface area contributed by atoms with Gasteiger partial charge in [-0.1, -0.05) is 37.3 Å². The van der Waals surface area contributed by atoms with Crippen LogP contribution < -0.4 is 0 Å². The summed E-state index contributed by atoms with van der Waals surface area (Å²) in [4.78, 5) is 46.0. The fourth-order valence-corrected chi connectivity index (χ4v) is 1.66. The summed E-state index contributed by atoms with van der Waals surface area (Å²) in [6, 6.07) is 8.76. The first-order valence-electron chi connectivity index (χ1n) is 7.21. The van der Waals surface area contributed by atoms with Crippen molar-refractivity contribution in [2.24, 2.45) is 0 Å². The van der Waals surface area contributed by atoms with Crippen molar-refractivity contribution < 1.29 is 33.4 Å². The van der Waals surface area contributed by atoms with Gasteiger partial charge in [0.1, 0.15) is 0 Å². The van der Waals surface area contributed by atoms with Gasteiger partial charge in [-0.3, -0.25) is 4.79 Å². The average Bonchev–Trinajstić information content (AvgIpc) is 2.58. The molecule has 1 atom stereocenters. The van der Waals surface area contributed by atoms with E-state index in [4.69, 9.17) is 4.74 Å². The molecular formula is C17H18O7. The summed E-state index contributed by atoms with van der Waals surface area (Å²) in [6.45, 7) is 1.59. The number of hydrogen-bond acceptors (Lipinski definition) is 7. The molecule has 1 rings (SSSR count). The second kappa shape index (κ2) is 9.94. The predicted molar refractivity (Wildman–Crippen MR) is 82.6 cm³/mol. The molecule has 0 aromatic heterocycles. The number of benzene rings is 1. The maximum atomic E-state index is 11.9. The Bertz CT molecular complexity index is 619. The molecule has 1 aromatic carbocycles. The van der Waals surface area contributed by atoms with Crippen molar-refractivity contribution in [2.45, 2.75) is 25.9 Å². The van der Waals surface area contributed by atoms with Crippen LogP contribution in [0.4, 0.5) is 0 Å². The Balaban J connectivity index is 2.53. The molecule has 0 aliphatic carbocycles. The first-order chi connectivity index (χ1) is 11.5. The van der Waals surface area contributed by atoms with Crippen LogP contribution in [0.2, 0.25) is 0 Å². The van der Waals surface area contributed by atoms with E-state index in [9.17, 15) is 19.2 Å². The van der Waals surface area contributed by atoms with Gasteiger partial charge >= 0.3 is 23.9 Å². The van der Waals surface area contributed by atoms with Crippen molar-refractivity contribution in [1.29, 1.82) is 0 Å². The van der Waals surface area contributed by atoms with Gasteiger partial charge in [0, 0.05) is 12.2 Å². The third kappa shape index (κ3) is 6.87. The molecule has 1 aromatic rings. The number of rotatable bonds is 7. The minimum atomic E-state index is -1.24. The van der Waals surface area contributed by atoms with Gasteiger partial charge in [0.2, 0.25) is 0 Å². The molecule has 1 unspecified atom stereocenters. The van der Waals surface area contributed by atoms with Gasteiger partial charge in [0.05, 0.1) is 13.5 Å². The number of carbonyl (C=O) groups is 4. The van der Waals surface area contributed by atoms with E-state index in [1.807, 2.05) is 0 Å². The monoisotopic (exact) mass is 334 g/mol. The number of ether oxygens (including phenoxy) is 3. The summed E-state index contributed by atoms with van der Waals surface area (Å²) < 4.78 is 13.9. The van der Waals surface area contributed by atoms with E-state index in [0.29, 0.717) is 5.56 Å². The van der Waals surface area contributed by atoms with E-state index in [0.717, 1.165) is 19.3 Å². The molecule has 0 aliphatic rings. The number of hydrogen-bond donors (Lipinski definition) is 0. The van der Waals surface area contributed by atoms with Gasteiger partial charge in [0.25, 0.3) is 0 Å². The molecule has 0 bridgehead atoms. The van der Waals surface area contributed by atoms with Crippen LogP contribution in [0.3, 0.4) is 0 Å². The second-order valence-corrected chi connectivity index (χ2v) is 4.65. The standard InChI is InChI=1S/C17H18O7/c1-3-13(23-15(19)10-9-14(18)22-2)17(21)24-16(20)11-12-7-5-4-6-8-12/h4-10,13H,3,11H2,1-2H3/b10-9-. The quantitative estimate of drug-likeness (QED) is 0.321. The molecule has 24 heavy (non-hydrogen) atoms. The molecular weight excluding hydrogens is 316 g/mol. The smallest absolute Gasteiger partial charge is 0.355 e. The lowest BCUT2D eigenvalue weighted by atomic mass is 10.1. The zero-order valence-corrected chi connectivity index (χ0v) is 13.4. The van der Waals surface area contributed by atoms with Gasteiger partial charge in [0.15, 0.2) is 6.10 Å².